The molecule has 0 radical (unpaired) electrons. The highest BCUT2D eigenvalue weighted by molar-refractivity contribution is 5.42. The minimum atomic E-state index is -0.0805. The molecule has 0 heterocycles. The van der Waals surface area contributed by atoms with E-state index in [1.54, 1.807) is 6.07 Å². The number of hydrogen-bond donors (Lipinski definition) is 1. The van der Waals surface area contributed by atoms with Crippen LogP contribution < -0.4 is 0 Å². The van der Waals surface area contributed by atoms with E-state index in [0.717, 1.165) is 11.1 Å². The number of aryl methyl sites for hydroxylation is 1. The van der Waals surface area contributed by atoms with Crippen LogP contribution in [0.3, 0.4) is 0 Å². The first-order chi connectivity index (χ1) is 7.77. The second kappa shape index (κ2) is 6.48. The minimum absolute atomic E-state index is 0.0805. The van der Waals surface area contributed by atoms with Crippen LogP contribution in [0, 0.1) is 6.92 Å². The van der Waals surface area contributed by atoms with E-state index in [-0.39, 0.29) is 5.41 Å². The fourth-order valence-corrected chi connectivity index (χ4v) is 1.51. The van der Waals surface area contributed by atoms with Gasteiger partial charge in [-0.15, -0.1) is 0 Å². The Morgan fingerprint density at radius 1 is 1.29 bits per heavy atom. The van der Waals surface area contributed by atoms with Crippen LogP contribution in [0.25, 0.3) is 0 Å². The van der Waals surface area contributed by atoms with Crippen molar-refractivity contribution in [2.75, 3.05) is 0 Å². The first-order valence-electron chi connectivity index (χ1n) is 6.23. The molecular weight excluding hydrogens is 208 g/mol. The standard InChI is InChI=1S/C13H18O.C3H8/c1-9(2)13(4,5)12-8-11(14)7-6-10(12)3;1-3-2/h6-8,14H,1H2,2-5H3;3H2,1-2H3. The smallest absolute Gasteiger partial charge is 0.115 e. The van der Waals surface area contributed by atoms with Gasteiger partial charge in [0, 0.05) is 5.41 Å². The highest BCUT2D eigenvalue weighted by Crippen LogP contribution is 2.34. The quantitative estimate of drug-likeness (QED) is 0.716. The van der Waals surface area contributed by atoms with E-state index in [9.17, 15) is 5.11 Å². The number of phenolic OH excluding ortho intramolecular Hbond substituents is 1. The lowest BCUT2D eigenvalue weighted by Gasteiger charge is -2.27. The van der Waals surface area contributed by atoms with E-state index in [1.807, 2.05) is 19.1 Å². The molecule has 0 atom stereocenters. The first kappa shape index (κ1) is 15.8. The Labute approximate surface area is 106 Å². The fourth-order valence-electron chi connectivity index (χ4n) is 1.51. The molecule has 0 fully saturated rings. The number of benzene rings is 1. The van der Waals surface area contributed by atoms with Crippen LogP contribution in [0.5, 0.6) is 5.75 Å². The fraction of sp³-hybridized carbons (Fsp3) is 0.500. The van der Waals surface area contributed by atoms with Gasteiger partial charge in [0.25, 0.3) is 0 Å². The molecule has 0 saturated heterocycles. The molecule has 17 heavy (non-hydrogen) atoms. The summed E-state index contributed by atoms with van der Waals surface area (Å²) in [6.07, 6.45) is 1.25. The van der Waals surface area contributed by atoms with Crippen LogP contribution in [0.1, 0.15) is 52.2 Å². The molecule has 0 spiro atoms. The predicted octanol–water partition coefficient (Wildman–Crippen LogP) is 4.97. The van der Waals surface area contributed by atoms with E-state index in [1.165, 1.54) is 12.0 Å². The van der Waals surface area contributed by atoms with Crippen LogP contribution in [0.15, 0.2) is 30.4 Å². The van der Waals surface area contributed by atoms with E-state index in [2.05, 4.69) is 41.2 Å². The summed E-state index contributed by atoms with van der Waals surface area (Å²) in [5.41, 5.74) is 3.36. The predicted molar refractivity (Wildman–Crippen MR) is 76.6 cm³/mol. The van der Waals surface area contributed by atoms with Gasteiger partial charge in [0.2, 0.25) is 0 Å². The van der Waals surface area contributed by atoms with E-state index in [4.69, 9.17) is 0 Å². The van der Waals surface area contributed by atoms with Gasteiger partial charge in [-0.25, -0.2) is 0 Å². The number of aromatic hydroxyl groups is 1. The Hall–Kier alpha value is -1.24. The van der Waals surface area contributed by atoms with Crippen molar-refractivity contribution in [1.29, 1.82) is 0 Å². The number of hydrogen-bond acceptors (Lipinski definition) is 1. The highest BCUT2D eigenvalue weighted by Gasteiger charge is 2.23. The molecule has 0 bridgehead atoms. The second-order valence-corrected chi connectivity index (χ2v) is 5.11. The van der Waals surface area contributed by atoms with Gasteiger partial charge in [-0.3, -0.25) is 0 Å². The Kier molecular flexibility index (Phi) is 6.01. The third-order valence-corrected chi connectivity index (χ3v) is 2.96. The van der Waals surface area contributed by atoms with E-state index < -0.39 is 0 Å². The summed E-state index contributed by atoms with van der Waals surface area (Å²) in [6.45, 7) is 16.6. The van der Waals surface area contributed by atoms with Gasteiger partial charge < -0.3 is 5.11 Å². The van der Waals surface area contributed by atoms with Crippen LogP contribution in [-0.4, -0.2) is 5.11 Å². The van der Waals surface area contributed by atoms with Gasteiger partial charge in [0.15, 0.2) is 0 Å². The average molecular weight is 234 g/mol. The molecule has 1 rings (SSSR count). The summed E-state index contributed by atoms with van der Waals surface area (Å²) >= 11 is 0. The summed E-state index contributed by atoms with van der Waals surface area (Å²) in [5, 5.41) is 9.45. The topological polar surface area (TPSA) is 20.2 Å². The highest BCUT2D eigenvalue weighted by atomic mass is 16.3. The minimum Gasteiger partial charge on any atom is -0.508 e. The summed E-state index contributed by atoms with van der Waals surface area (Å²) in [5.74, 6) is 0.319. The van der Waals surface area contributed by atoms with Crippen molar-refractivity contribution in [1.82, 2.24) is 0 Å². The van der Waals surface area contributed by atoms with Crippen LogP contribution in [-0.2, 0) is 5.41 Å². The van der Waals surface area contributed by atoms with Crippen molar-refractivity contribution in [3.8, 4) is 5.75 Å². The number of allylic oxidation sites excluding steroid dienone is 1. The van der Waals surface area contributed by atoms with Crippen LogP contribution in [0.2, 0.25) is 0 Å². The maximum Gasteiger partial charge on any atom is 0.115 e. The number of rotatable bonds is 2. The van der Waals surface area contributed by atoms with Gasteiger partial charge in [0.05, 0.1) is 0 Å². The van der Waals surface area contributed by atoms with Gasteiger partial charge in [-0.2, -0.15) is 0 Å². The zero-order valence-corrected chi connectivity index (χ0v) is 12.1. The molecule has 1 nitrogen and oxygen atoms in total. The third-order valence-electron chi connectivity index (χ3n) is 2.96. The van der Waals surface area contributed by atoms with Crippen molar-refractivity contribution in [2.24, 2.45) is 0 Å². The molecule has 1 N–H and O–H groups in total. The number of phenols is 1. The molecule has 0 saturated carbocycles. The SMILES string of the molecule is C=C(C)C(C)(C)c1cc(O)ccc1C.CCC. The largest absolute Gasteiger partial charge is 0.508 e. The Balaban J connectivity index is 0.000000770. The zero-order valence-electron chi connectivity index (χ0n) is 12.1. The molecule has 0 aromatic heterocycles. The van der Waals surface area contributed by atoms with Crippen molar-refractivity contribution in [2.45, 2.75) is 53.4 Å². The maximum absolute atomic E-state index is 9.45. The van der Waals surface area contributed by atoms with Crippen molar-refractivity contribution in [3.63, 3.8) is 0 Å². The normalized spacial score (nSPS) is 10.5. The summed E-state index contributed by atoms with van der Waals surface area (Å²) in [4.78, 5) is 0. The molecule has 0 aliphatic rings. The van der Waals surface area contributed by atoms with Gasteiger partial charge in [0.1, 0.15) is 5.75 Å². The van der Waals surface area contributed by atoms with Gasteiger partial charge in [-0.1, -0.05) is 52.3 Å². The zero-order chi connectivity index (χ0) is 13.6. The Morgan fingerprint density at radius 2 is 1.76 bits per heavy atom. The van der Waals surface area contributed by atoms with E-state index in [0.29, 0.717) is 5.75 Å². The molecule has 1 aromatic carbocycles. The molecule has 0 amide bonds. The lowest BCUT2D eigenvalue weighted by atomic mass is 9.77. The third kappa shape index (κ3) is 4.26. The Bertz CT molecular complexity index is 375. The molecule has 0 aliphatic heterocycles. The van der Waals surface area contributed by atoms with Crippen molar-refractivity contribution < 1.29 is 5.11 Å². The van der Waals surface area contributed by atoms with Crippen LogP contribution in [0.4, 0.5) is 0 Å². The maximum atomic E-state index is 9.45. The lowest BCUT2D eigenvalue weighted by Crippen LogP contribution is -2.19. The first-order valence-corrected chi connectivity index (χ1v) is 6.23. The summed E-state index contributed by atoms with van der Waals surface area (Å²) in [6, 6.07) is 5.48. The Morgan fingerprint density at radius 3 is 2.18 bits per heavy atom. The molecular formula is C16H26O. The molecule has 1 aromatic rings. The van der Waals surface area contributed by atoms with Gasteiger partial charge in [-0.05, 0) is 37.1 Å². The van der Waals surface area contributed by atoms with Gasteiger partial charge >= 0.3 is 0 Å². The molecule has 0 unspecified atom stereocenters. The second-order valence-electron chi connectivity index (χ2n) is 5.11. The van der Waals surface area contributed by atoms with Crippen LogP contribution >= 0.6 is 0 Å². The van der Waals surface area contributed by atoms with E-state index >= 15 is 0 Å². The molecule has 1 heteroatoms. The average Bonchev–Trinajstić information content (AvgIpc) is 2.22. The monoisotopic (exact) mass is 234 g/mol. The molecule has 0 aliphatic carbocycles. The molecule has 96 valence electrons. The summed E-state index contributed by atoms with van der Waals surface area (Å²) in [7, 11) is 0. The lowest BCUT2D eigenvalue weighted by molar-refractivity contribution is 0.471. The summed E-state index contributed by atoms with van der Waals surface area (Å²) < 4.78 is 0. The van der Waals surface area contributed by atoms with Crippen molar-refractivity contribution in [3.05, 3.63) is 41.5 Å². The van der Waals surface area contributed by atoms with Crippen molar-refractivity contribution >= 4 is 0 Å².